The molecule has 1 unspecified atom stereocenters. The molecule has 1 aromatic carbocycles. The Labute approximate surface area is 162 Å². The molecule has 1 aliphatic heterocycles. The van der Waals surface area contributed by atoms with Gasteiger partial charge in [-0.3, -0.25) is 10.1 Å². The van der Waals surface area contributed by atoms with Gasteiger partial charge < -0.3 is 24.8 Å². The van der Waals surface area contributed by atoms with Gasteiger partial charge in [-0.25, -0.2) is 9.59 Å². The summed E-state index contributed by atoms with van der Waals surface area (Å²) in [6, 6.07) is 0.881. The lowest BCUT2D eigenvalue weighted by Gasteiger charge is -2.28. The smallest absolute Gasteiger partial charge is 0.338 e. The number of rotatable bonds is 7. The molecule has 0 fully saturated rings. The van der Waals surface area contributed by atoms with Gasteiger partial charge in [0.05, 0.1) is 49.0 Å². The summed E-state index contributed by atoms with van der Waals surface area (Å²) >= 11 is 0. The number of nitro benzene ring substituents is 1. The van der Waals surface area contributed by atoms with E-state index < -0.39 is 23.0 Å². The molecule has 2 N–H and O–H groups in total. The number of benzene rings is 1. The van der Waals surface area contributed by atoms with Gasteiger partial charge in [0.25, 0.3) is 5.69 Å². The molecule has 10 nitrogen and oxygen atoms in total. The van der Waals surface area contributed by atoms with E-state index in [0.29, 0.717) is 0 Å². The largest absolute Gasteiger partial charge is 0.493 e. The quantitative estimate of drug-likeness (QED) is 0.413. The van der Waals surface area contributed by atoms with E-state index >= 15 is 0 Å². The van der Waals surface area contributed by atoms with Crippen LogP contribution in [-0.4, -0.2) is 37.8 Å². The monoisotopic (exact) mass is 393 g/mol. The van der Waals surface area contributed by atoms with Gasteiger partial charge in [0.15, 0.2) is 11.5 Å². The number of esters is 1. The minimum absolute atomic E-state index is 0.0772. The minimum atomic E-state index is -1.09. The number of carbonyl (C=O) groups is 2. The van der Waals surface area contributed by atoms with Crippen LogP contribution in [0.25, 0.3) is 0 Å². The predicted molar refractivity (Wildman–Crippen MR) is 99.1 cm³/mol. The predicted octanol–water partition coefficient (Wildman–Crippen LogP) is 2.44. The molecule has 0 radical (unpaired) electrons. The Morgan fingerprint density at radius 3 is 2.39 bits per heavy atom. The van der Waals surface area contributed by atoms with Crippen LogP contribution in [0.15, 0.2) is 23.4 Å². The third-order valence-electron chi connectivity index (χ3n) is 4.08. The highest BCUT2D eigenvalue weighted by Gasteiger charge is 2.37. The number of amides is 2. The topological polar surface area (TPSA) is 129 Å². The third kappa shape index (κ3) is 4.33. The average molecular weight is 393 g/mol. The van der Waals surface area contributed by atoms with E-state index in [1.54, 1.807) is 0 Å². The van der Waals surface area contributed by atoms with E-state index in [0.717, 1.165) is 0 Å². The van der Waals surface area contributed by atoms with Crippen molar-refractivity contribution in [1.29, 1.82) is 0 Å². The van der Waals surface area contributed by atoms with Crippen LogP contribution in [-0.2, 0) is 9.53 Å². The summed E-state index contributed by atoms with van der Waals surface area (Å²) in [5, 5.41) is 16.7. The second kappa shape index (κ2) is 8.59. The van der Waals surface area contributed by atoms with E-state index in [4.69, 9.17) is 14.2 Å². The lowest BCUT2D eigenvalue weighted by Crippen LogP contribution is -2.45. The van der Waals surface area contributed by atoms with E-state index in [2.05, 4.69) is 10.6 Å². The molecule has 0 spiro atoms. The summed E-state index contributed by atoms with van der Waals surface area (Å²) in [5.41, 5.74) is 0.0855. The molecule has 0 saturated carbocycles. The van der Waals surface area contributed by atoms with E-state index in [1.165, 1.54) is 33.3 Å². The number of nitro groups is 1. The first-order valence-corrected chi connectivity index (χ1v) is 8.55. The number of nitrogens with one attached hydrogen (secondary N) is 2. The Balaban J connectivity index is 2.61. The summed E-state index contributed by atoms with van der Waals surface area (Å²) in [5.74, 6) is -0.191. The fourth-order valence-corrected chi connectivity index (χ4v) is 2.79. The van der Waals surface area contributed by atoms with Gasteiger partial charge in [0, 0.05) is 5.70 Å². The number of carbonyl (C=O) groups excluding carboxylic acids is 2. The number of allylic oxidation sites excluding steroid dienone is 1. The zero-order valence-electron chi connectivity index (χ0n) is 16.3. The number of ether oxygens (including phenoxy) is 3. The molecular weight excluding hydrogens is 370 g/mol. The molecule has 2 rings (SSSR count). The van der Waals surface area contributed by atoms with Gasteiger partial charge in [-0.1, -0.05) is 13.8 Å². The zero-order valence-corrected chi connectivity index (χ0v) is 16.3. The van der Waals surface area contributed by atoms with E-state index in [9.17, 15) is 19.7 Å². The maximum absolute atomic E-state index is 12.7. The number of methoxy groups -OCH3 is 2. The van der Waals surface area contributed by atoms with Crippen LogP contribution in [0.5, 0.6) is 11.5 Å². The van der Waals surface area contributed by atoms with Crippen molar-refractivity contribution in [3.05, 3.63) is 39.1 Å². The van der Waals surface area contributed by atoms with Crippen LogP contribution in [0.1, 0.15) is 32.4 Å². The SMILES string of the molecule is COc1cc(C2NC(=O)NC(C)=C2C(=O)OCC(C)C)c([N+](=O)[O-])cc1OC. The Morgan fingerprint density at radius 2 is 1.86 bits per heavy atom. The Hall–Kier alpha value is -3.30. The molecule has 1 aliphatic rings. The number of nitrogens with zero attached hydrogens (tertiary/aromatic N) is 1. The first-order chi connectivity index (χ1) is 13.2. The van der Waals surface area contributed by atoms with Crippen LogP contribution in [0.2, 0.25) is 0 Å². The highest BCUT2D eigenvalue weighted by atomic mass is 16.6. The number of hydrogen-bond donors (Lipinski definition) is 2. The van der Waals surface area contributed by atoms with Crippen LogP contribution in [0.4, 0.5) is 10.5 Å². The number of urea groups is 1. The molecule has 2 amide bonds. The fraction of sp³-hybridized carbons (Fsp3) is 0.444. The average Bonchev–Trinajstić information content (AvgIpc) is 2.64. The Kier molecular flexibility index (Phi) is 6.45. The summed E-state index contributed by atoms with van der Waals surface area (Å²) in [4.78, 5) is 35.7. The van der Waals surface area contributed by atoms with Crippen molar-refractivity contribution in [2.75, 3.05) is 20.8 Å². The van der Waals surface area contributed by atoms with Crippen LogP contribution in [0.3, 0.4) is 0 Å². The molecule has 152 valence electrons. The lowest BCUT2D eigenvalue weighted by molar-refractivity contribution is -0.385. The van der Waals surface area contributed by atoms with Crippen molar-refractivity contribution < 1.29 is 28.7 Å². The molecule has 1 aromatic rings. The van der Waals surface area contributed by atoms with Gasteiger partial charge in [0.2, 0.25) is 0 Å². The van der Waals surface area contributed by atoms with Crippen LogP contribution >= 0.6 is 0 Å². The maximum Gasteiger partial charge on any atom is 0.338 e. The summed E-state index contributed by atoms with van der Waals surface area (Å²) in [6.45, 7) is 5.47. The van der Waals surface area contributed by atoms with Crippen LogP contribution < -0.4 is 20.1 Å². The van der Waals surface area contributed by atoms with Gasteiger partial charge >= 0.3 is 12.0 Å². The number of hydrogen-bond acceptors (Lipinski definition) is 7. The van der Waals surface area contributed by atoms with Gasteiger partial charge in [0.1, 0.15) is 0 Å². The van der Waals surface area contributed by atoms with Crippen molar-refractivity contribution >= 4 is 17.7 Å². The molecule has 1 heterocycles. The lowest BCUT2D eigenvalue weighted by atomic mass is 9.93. The molecule has 0 aromatic heterocycles. The van der Waals surface area contributed by atoms with Crippen molar-refractivity contribution in [3.8, 4) is 11.5 Å². The minimum Gasteiger partial charge on any atom is -0.493 e. The van der Waals surface area contributed by atoms with Crippen molar-refractivity contribution in [3.63, 3.8) is 0 Å². The molecule has 28 heavy (non-hydrogen) atoms. The van der Waals surface area contributed by atoms with Gasteiger partial charge in [-0.2, -0.15) is 0 Å². The fourth-order valence-electron chi connectivity index (χ4n) is 2.79. The van der Waals surface area contributed by atoms with Crippen molar-refractivity contribution in [1.82, 2.24) is 10.6 Å². The third-order valence-corrected chi connectivity index (χ3v) is 4.08. The molecule has 0 saturated heterocycles. The van der Waals surface area contributed by atoms with Crippen molar-refractivity contribution in [2.24, 2.45) is 5.92 Å². The standard InChI is InChI=1S/C18H23N3O7/c1-9(2)8-28-17(22)15-10(3)19-18(23)20-16(15)11-6-13(26-4)14(27-5)7-12(11)21(24)25/h6-7,9,16H,8H2,1-5H3,(H2,19,20,23). The van der Waals surface area contributed by atoms with Gasteiger partial charge in [-0.05, 0) is 18.9 Å². The second-order valence-electron chi connectivity index (χ2n) is 6.59. The van der Waals surface area contributed by atoms with Crippen LogP contribution in [0, 0.1) is 16.0 Å². The molecule has 0 aliphatic carbocycles. The second-order valence-corrected chi connectivity index (χ2v) is 6.59. The molecular formula is C18H23N3O7. The Morgan fingerprint density at radius 1 is 1.25 bits per heavy atom. The molecule has 0 bridgehead atoms. The Bertz CT molecular complexity index is 833. The summed E-state index contributed by atoms with van der Waals surface area (Å²) in [7, 11) is 2.74. The highest BCUT2D eigenvalue weighted by Crippen LogP contribution is 2.40. The first kappa shape index (κ1) is 21.0. The normalized spacial score (nSPS) is 16.4. The van der Waals surface area contributed by atoms with E-state index in [1.807, 2.05) is 13.8 Å². The first-order valence-electron chi connectivity index (χ1n) is 8.55. The zero-order chi connectivity index (χ0) is 21.0. The molecule has 10 heteroatoms. The summed E-state index contributed by atoms with van der Waals surface area (Å²) < 4.78 is 15.6. The summed E-state index contributed by atoms with van der Waals surface area (Å²) in [6.07, 6.45) is 0. The van der Waals surface area contributed by atoms with Gasteiger partial charge in [-0.15, -0.1) is 0 Å². The van der Waals surface area contributed by atoms with Crippen molar-refractivity contribution in [2.45, 2.75) is 26.8 Å². The molecule has 1 atom stereocenters. The maximum atomic E-state index is 12.7. The van der Waals surface area contributed by atoms with E-state index in [-0.39, 0.29) is 46.5 Å². The highest BCUT2D eigenvalue weighted by molar-refractivity contribution is 5.95.